The SMILES string of the molecule is Cc1nccn1-c1ccc(CNS(=O)(=O)Cc2c(F)cccc2Cl)cc1. The summed E-state index contributed by atoms with van der Waals surface area (Å²) in [4.78, 5) is 4.17. The van der Waals surface area contributed by atoms with Gasteiger partial charge < -0.3 is 4.57 Å². The third-order valence-corrected chi connectivity index (χ3v) is 5.54. The molecule has 1 aromatic heterocycles. The Kier molecular flexibility index (Phi) is 5.41. The van der Waals surface area contributed by atoms with E-state index in [4.69, 9.17) is 11.6 Å². The summed E-state index contributed by atoms with van der Waals surface area (Å²) in [5.74, 6) is -0.284. The number of nitrogens with one attached hydrogen (secondary N) is 1. The normalized spacial score (nSPS) is 11.7. The van der Waals surface area contributed by atoms with Crippen LogP contribution in [0.15, 0.2) is 54.9 Å². The standard InChI is InChI=1S/C18H17ClFN3O2S/c1-13-21-9-10-23(13)15-7-5-14(6-8-15)11-22-26(24,25)12-16-17(19)3-2-4-18(16)20/h2-10,22H,11-12H2,1H3. The largest absolute Gasteiger partial charge is 0.304 e. The fraction of sp³-hybridized carbons (Fsp3) is 0.167. The number of sulfonamides is 1. The number of hydrogen-bond acceptors (Lipinski definition) is 3. The van der Waals surface area contributed by atoms with Crippen LogP contribution >= 0.6 is 11.6 Å². The van der Waals surface area contributed by atoms with Gasteiger partial charge in [-0.15, -0.1) is 0 Å². The van der Waals surface area contributed by atoms with Gasteiger partial charge in [0, 0.05) is 35.2 Å². The molecule has 2 aromatic carbocycles. The zero-order valence-electron chi connectivity index (χ0n) is 14.0. The van der Waals surface area contributed by atoms with Crippen LogP contribution in [0, 0.1) is 12.7 Å². The minimum atomic E-state index is -3.73. The number of imidazole rings is 1. The van der Waals surface area contributed by atoms with Gasteiger partial charge in [-0.3, -0.25) is 0 Å². The first kappa shape index (κ1) is 18.6. The molecule has 0 atom stereocenters. The predicted molar refractivity (Wildman–Crippen MR) is 99.2 cm³/mol. The third-order valence-electron chi connectivity index (χ3n) is 3.93. The van der Waals surface area contributed by atoms with E-state index in [1.807, 2.05) is 42.0 Å². The highest BCUT2D eigenvalue weighted by atomic mass is 35.5. The highest BCUT2D eigenvalue weighted by molar-refractivity contribution is 7.88. The summed E-state index contributed by atoms with van der Waals surface area (Å²) in [5, 5.41) is 0.0930. The van der Waals surface area contributed by atoms with Crippen LogP contribution in [0.2, 0.25) is 5.02 Å². The predicted octanol–water partition coefficient (Wildman–Crippen LogP) is 3.59. The number of aromatic nitrogens is 2. The van der Waals surface area contributed by atoms with Gasteiger partial charge in [0.05, 0.1) is 5.75 Å². The molecule has 1 heterocycles. The molecule has 0 bridgehead atoms. The first-order valence-corrected chi connectivity index (χ1v) is 9.88. The van der Waals surface area contributed by atoms with Crippen LogP contribution in [0.1, 0.15) is 17.0 Å². The number of nitrogens with zero attached hydrogens (tertiary/aromatic N) is 2. The number of rotatable bonds is 6. The van der Waals surface area contributed by atoms with Crippen molar-refractivity contribution in [2.24, 2.45) is 0 Å². The molecule has 1 N–H and O–H groups in total. The molecule has 0 fully saturated rings. The molecule has 0 radical (unpaired) electrons. The van der Waals surface area contributed by atoms with Gasteiger partial charge in [-0.2, -0.15) is 0 Å². The Hall–Kier alpha value is -2.22. The topological polar surface area (TPSA) is 64.0 Å². The van der Waals surface area contributed by atoms with Crippen LogP contribution in [0.5, 0.6) is 0 Å². The van der Waals surface area contributed by atoms with Crippen molar-refractivity contribution in [2.45, 2.75) is 19.2 Å². The maximum absolute atomic E-state index is 13.8. The zero-order valence-corrected chi connectivity index (χ0v) is 15.6. The molecule has 0 spiro atoms. The van der Waals surface area contributed by atoms with Crippen LogP contribution < -0.4 is 4.72 Å². The van der Waals surface area contributed by atoms with E-state index >= 15 is 0 Å². The molecule has 26 heavy (non-hydrogen) atoms. The lowest BCUT2D eigenvalue weighted by atomic mass is 10.2. The Balaban J connectivity index is 1.67. The van der Waals surface area contributed by atoms with Gasteiger partial charge in [0.25, 0.3) is 0 Å². The molecule has 0 unspecified atom stereocenters. The minimum Gasteiger partial charge on any atom is -0.304 e. The fourth-order valence-corrected chi connectivity index (χ4v) is 4.00. The van der Waals surface area contributed by atoms with Crippen LogP contribution in [-0.2, 0) is 22.3 Å². The van der Waals surface area contributed by atoms with Crippen molar-refractivity contribution >= 4 is 21.6 Å². The minimum absolute atomic E-state index is 0.0346. The Morgan fingerprint density at radius 3 is 2.54 bits per heavy atom. The Morgan fingerprint density at radius 2 is 1.92 bits per heavy atom. The molecule has 0 amide bonds. The maximum Gasteiger partial charge on any atom is 0.216 e. The summed E-state index contributed by atoms with van der Waals surface area (Å²) in [6.45, 7) is 2.01. The lowest BCUT2D eigenvalue weighted by Crippen LogP contribution is -2.25. The molecule has 8 heteroatoms. The average molecular weight is 394 g/mol. The van der Waals surface area contributed by atoms with Crippen molar-refractivity contribution < 1.29 is 12.8 Å². The summed E-state index contributed by atoms with van der Waals surface area (Å²) < 4.78 is 42.6. The van der Waals surface area contributed by atoms with Gasteiger partial charge in [-0.25, -0.2) is 22.5 Å². The van der Waals surface area contributed by atoms with Gasteiger partial charge >= 0.3 is 0 Å². The van der Waals surface area contributed by atoms with E-state index < -0.39 is 21.6 Å². The van der Waals surface area contributed by atoms with Crippen molar-refractivity contribution in [3.05, 3.63) is 82.6 Å². The third kappa shape index (κ3) is 4.30. The lowest BCUT2D eigenvalue weighted by Gasteiger charge is -2.10. The van der Waals surface area contributed by atoms with Gasteiger partial charge in [-0.05, 0) is 36.8 Å². The van der Waals surface area contributed by atoms with E-state index in [1.165, 1.54) is 18.2 Å². The summed E-state index contributed by atoms with van der Waals surface area (Å²) in [6, 6.07) is 11.5. The van der Waals surface area contributed by atoms with Gasteiger partial charge in [0.2, 0.25) is 10.0 Å². The second-order valence-electron chi connectivity index (χ2n) is 5.79. The van der Waals surface area contributed by atoms with Crippen LogP contribution in [0.25, 0.3) is 5.69 Å². The van der Waals surface area contributed by atoms with Crippen molar-refractivity contribution in [1.82, 2.24) is 14.3 Å². The van der Waals surface area contributed by atoms with E-state index in [0.29, 0.717) is 0 Å². The van der Waals surface area contributed by atoms with Gasteiger partial charge in [0.1, 0.15) is 11.6 Å². The van der Waals surface area contributed by atoms with E-state index in [0.717, 1.165) is 17.1 Å². The molecular formula is C18H17ClFN3O2S. The lowest BCUT2D eigenvalue weighted by molar-refractivity contribution is 0.574. The maximum atomic E-state index is 13.8. The zero-order chi connectivity index (χ0) is 18.7. The van der Waals surface area contributed by atoms with E-state index in [1.54, 1.807) is 6.20 Å². The first-order valence-electron chi connectivity index (χ1n) is 7.85. The second-order valence-corrected chi connectivity index (χ2v) is 8.01. The number of benzene rings is 2. The molecule has 3 rings (SSSR count). The molecule has 0 saturated carbocycles. The number of aryl methyl sites for hydroxylation is 1. The number of halogens is 2. The van der Waals surface area contributed by atoms with Crippen molar-refractivity contribution in [2.75, 3.05) is 0 Å². The van der Waals surface area contributed by atoms with Crippen molar-refractivity contribution in [1.29, 1.82) is 0 Å². The van der Waals surface area contributed by atoms with Gasteiger partial charge in [-0.1, -0.05) is 29.8 Å². The molecule has 136 valence electrons. The molecule has 0 saturated heterocycles. The summed E-state index contributed by atoms with van der Waals surface area (Å²) in [6.07, 6.45) is 3.57. The van der Waals surface area contributed by atoms with Crippen LogP contribution in [0.4, 0.5) is 4.39 Å². The van der Waals surface area contributed by atoms with Gasteiger partial charge in [0.15, 0.2) is 0 Å². The molecule has 0 aliphatic rings. The summed E-state index contributed by atoms with van der Waals surface area (Å²) in [5.41, 5.74) is 1.69. The summed E-state index contributed by atoms with van der Waals surface area (Å²) in [7, 11) is -3.73. The van der Waals surface area contributed by atoms with E-state index in [-0.39, 0.29) is 17.1 Å². The Labute approximate surface area is 156 Å². The monoisotopic (exact) mass is 393 g/mol. The molecule has 3 aromatic rings. The van der Waals surface area contributed by atoms with Crippen LogP contribution in [0.3, 0.4) is 0 Å². The van der Waals surface area contributed by atoms with E-state index in [2.05, 4.69) is 9.71 Å². The Bertz CT molecular complexity index is 997. The first-order chi connectivity index (χ1) is 12.4. The highest BCUT2D eigenvalue weighted by Gasteiger charge is 2.17. The molecule has 0 aliphatic heterocycles. The summed E-state index contributed by atoms with van der Waals surface area (Å²) >= 11 is 5.89. The smallest absolute Gasteiger partial charge is 0.216 e. The molecular weight excluding hydrogens is 377 g/mol. The van der Waals surface area contributed by atoms with Crippen LogP contribution in [-0.4, -0.2) is 18.0 Å². The highest BCUT2D eigenvalue weighted by Crippen LogP contribution is 2.21. The quantitative estimate of drug-likeness (QED) is 0.696. The van der Waals surface area contributed by atoms with Crippen molar-refractivity contribution in [3.63, 3.8) is 0 Å². The van der Waals surface area contributed by atoms with Crippen molar-refractivity contribution in [3.8, 4) is 5.69 Å². The average Bonchev–Trinajstić information content (AvgIpc) is 3.03. The number of hydrogen-bond donors (Lipinski definition) is 1. The fourth-order valence-electron chi connectivity index (χ4n) is 2.53. The molecule has 5 nitrogen and oxygen atoms in total. The second kappa shape index (κ2) is 7.57. The molecule has 0 aliphatic carbocycles. The Morgan fingerprint density at radius 1 is 1.19 bits per heavy atom. The van der Waals surface area contributed by atoms with E-state index in [9.17, 15) is 12.8 Å².